The molecule has 0 bridgehead atoms. The van der Waals surface area contributed by atoms with Gasteiger partial charge in [-0.3, -0.25) is 9.59 Å². The number of H-pyrrole nitrogens is 1. The molecule has 24 heavy (non-hydrogen) atoms. The molecule has 2 heterocycles. The number of nitrogens with one attached hydrogen (secondary N) is 1. The van der Waals surface area contributed by atoms with Crippen LogP contribution in [0.4, 0.5) is 0 Å². The largest absolute Gasteiger partial charge is 0.508 e. The number of hydrogen-bond donors (Lipinski definition) is 2. The molecule has 0 unspecified atom stereocenters. The molecule has 1 aromatic carbocycles. The molecule has 0 aliphatic carbocycles. The summed E-state index contributed by atoms with van der Waals surface area (Å²) in [5, 5.41) is 9.31. The SMILES string of the molecule is O=C(c1ccc[nH]c1=O)N1CCC(CCc2ccc(O)cc2)CC1. The molecule has 1 saturated heterocycles. The summed E-state index contributed by atoms with van der Waals surface area (Å²) in [5.74, 6) is 0.715. The van der Waals surface area contributed by atoms with Crippen molar-refractivity contribution in [2.24, 2.45) is 5.92 Å². The van der Waals surface area contributed by atoms with Crippen molar-refractivity contribution in [1.29, 1.82) is 0 Å². The van der Waals surface area contributed by atoms with Gasteiger partial charge in [0.1, 0.15) is 11.3 Å². The van der Waals surface area contributed by atoms with E-state index in [2.05, 4.69) is 4.98 Å². The Hall–Kier alpha value is -2.56. The van der Waals surface area contributed by atoms with Gasteiger partial charge < -0.3 is 15.0 Å². The van der Waals surface area contributed by atoms with Crippen LogP contribution in [-0.4, -0.2) is 34.0 Å². The van der Waals surface area contributed by atoms with Crippen LogP contribution in [0.15, 0.2) is 47.4 Å². The van der Waals surface area contributed by atoms with Crippen LogP contribution < -0.4 is 5.56 Å². The van der Waals surface area contributed by atoms with E-state index in [4.69, 9.17) is 0 Å². The first-order chi connectivity index (χ1) is 11.6. The number of likely N-dealkylation sites (tertiary alicyclic amines) is 1. The zero-order valence-corrected chi connectivity index (χ0v) is 13.6. The number of nitrogens with zero attached hydrogens (tertiary/aromatic N) is 1. The normalized spacial score (nSPS) is 15.4. The maximum atomic E-state index is 12.4. The van der Waals surface area contributed by atoms with Crippen molar-refractivity contribution in [3.8, 4) is 5.75 Å². The Morgan fingerprint density at radius 1 is 1.17 bits per heavy atom. The molecule has 3 rings (SSSR count). The number of amides is 1. The highest BCUT2D eigenvalue weighted by molar-refractivity contribution is 5.93. The van der Waals surface area contributed by atoms with Crippen LogP contribution in [0.1, 0.15) is 35.2 Å². The number of aromatic amines is 1. The first-order valence-electron chi connectivity index (χ1n) is 8.38. The number of carbonyl (C=O) groups excluding carboxylic acids is 1. The number of aromatic hydroxyl groups is 1. The second-order valence-electron chi connectivity index (χ2n) is 6.35. The minimum absolute atomic E-state index is 0.172. The number of phenols is 1. The molecule has 2 N–H and O–H groups in total. The average Bonchev–Trinajstić information content (AvgIpc) is 2.61. The van der Waals surface area contributed by atoms with Crippen LogP contribution >= 0.6 is 0 Å². The number of aryl methyl sites for hydroxylation is 1. The summed E-state index contributed by atoms with van der Waals surface area (Å²) >= 11 is 0. The highest BCUT2D eigenvalue weighted by Crippen LogP contribution is 2.23. The number of aromatic nitrogens is 1. The maximum absolute atomic E-state index is 12.4. The number of hydrogen-bond acceptors (Lipinski definition) is 3. The van der Waals surface area contributed by atoms with Crippen molar-refractivity contribution in [1.82, 2.24) is 9.88 Å². The van der Waals surface area contributed by atoms with Crippen molar-refractivity contribution in [3.63, 3.8) is 0 Å². The first kappa shape index (κ1) is 16.3. The van der Waals surface area contributed by atoms with Crippen LogP contribution in [0.5, 0.6) is 5.75 Å². The summed E-state index contributed by atoms with van der Waals surface area (Å²) in [6, 6.07) is 10.6. The van der Waals surface area contributed by atoms with E-state index in [1.54, 1.807) is 29.2 Å². The minimum atomic E-state index is -0.322. The van der Waals surface area contributed by atoms with Crippen LogP contribution in [0, 0.1) is 5.92 Å². The second kappa shape index (κ2) is 7.34. The third kappa shape index (κ3) is 3.85. The molecule has 1 fully saturated rings. The number of carbonyl (C=O) groups is 1. The van der Waals surface area contributed by atoms with Gasteiger partial charge in [-0.1, -0.05) is 12.1 Å². The van der Waals surface area contributed by atoms with Crippen molar-refractivity contribution >= 4 is 5.91 Å². The van der Waals surface area contributed by atoms with Crippen LogP contribution in [0.3, 0.4) is 0 Å². The van der Waals surface area contributed by atoms with E-state index in [-0.39, 0.29) is 17.0 Å². The Kier molecular flexibility index (Phi) is 4.99. The Labute approximate surface area is 140 Å². The molecule has 2 aromatic rings. The van der Waals surface area contributed by atoms with Gasteiger partial charge in [-0.05, 0) is 61.4 Å². The van der Waals surface area contributed by atoms with E-state index in [1.165, 1.54) is 11.8 Å². The second-order valence-corrected chi connectivity index (χ2v) is 6.35. The fraction of sp³-hybridized carbons (Fsp3) is 0.368. The lowest BCUT2D eigenvalue weighted by atomic mass is 9.90. The van der Waals surface area contributed by atoms with E-state index in [1.807, 2.05) is 12.1 Å². The number of rotatable bonds is 4. The third-order valence-electron chi connectivity index (χ3n) is 4.73. The summed E-state index contributed by atoms with van der Waals surface area (Å²) in [5.41, 5.74) is 1.12. The van der Waals surface area contributed by atoms with Gasteiger partial charge >= 0.3 is 0 Å². The van der Waals surface area contributed by atoms with Gasteiger partial charge in [-0.25, -0.2) is 0 Å². The molecule has 1 aromatic heterocycles. The maximum Gasteiger partial charge on any atom is 0.260 e. The summed E-state index contributed by atoms with van der Waals surface area (Å²) in [6.45, 7) is 1.40. The molecular formula is C19H22N2O3. The number of phenolic OH excluding ortho intramolecular Hbond substituents is 1. The van der Waals surface area contributed by atoms with E-state index < -0.39 is 0 Å². The molecule has 1 aliphatic rings. The van der Waals surface area contributed by atoms with E-state index in [9.17, 15) is 14.7 Å². The van der Waals surface area contributed by atoms with Gasteiger partial charge in [-0.15, -0.1) is 0 Å². The Balaban J connectivity index is 1.50. The van der Waals surface area contributed by atoms with Crippen LogP contribution in [-0.2, 0) is 6.42 Å². The monoisotopic (exact) mass is 326 g/mol. The lowest BCUT2D eigenvalue weighted by Crippen LogP contribution is -2.40. The molecule has 1 amide bonds. The zero-order valence-electron chi connectivity index (χ0n) is 13.6. The van der Waals surface area contributed by atoms with Crippen LogP contribution in [0.2, 0.25) is 0 Å². The summed E-state index contributed by atoms with van der Waals surface area (Å²) in [7, 11) is 0. The van der Waals surface area contributed by atoms with Gasteiger partial charge in [0.05, 0.1) is 0 Å². The topological polar surface area (TPSA) is 73.4 Å². The molecule has 5 nitrogen and oxygen atoms in total. The summed E-state index contributed by atoms with van der Waals surface area (Å²) in [6.07, 6.45) is 5.54. The highest BCUT2D eigenvalue weighted by atomic mass is 16.3. The quantitative estimate of drug-likeness (QED) is 0.907. The summed E-state index contributed by atoms with van der Waals surface area (Å²) in [4.78, 5) is 28.5. The van der Waals surface area contributed by atoms with Gasteiger partial charge in [0.15, 0.2) is 0 Å². The molecule has 5 heteroatoms. The highest BCUT2D eigenvalue weighted by Gasteiger charge is 2.24. The number of pyridine rings is 1. The lowest BCUT2D eigenvalue weighted by Gasteiger charge is -2.32. The van der Waals surface area contributed by atoms with E-state index >= 15 is 0 Å². The predicted octanol–water partition coefficient (Wildman–Crippen LogP) is 2.57. The molecule has 126 valence electrons. The van der Waals surface area contributed by atoms with Crippen LogP contribution in [0.25, 0.3) is 0 Å². The Morgan fingerprint density at radius 3 is 2.54 bits per heavy atom. The van der Waals surface area contributed by atoms with Crippen molar-refractivity contribution in [3.05, 3.63) is 64.1 Å². The van der Waals surface area contributed by atoms with Gasteiger partial charge in [0.25, 0.3) is 11.5 Å². The van der Waals surface area contributed by atoms with Gasteiger partial charge in [0, 0.05) is 19.3 Å². The molecule has 0 radical (unpaired) electrons. The predicted molar refractivity (Wildman–Crippen MR) is 92.1 cm³/mol. The number of piperidine rings is 1. The van der Waals surface area contributed by atoms with E-state index in [0.29, 0.717) is 24.8 Å². The summed E-state index contributed by atoms with van der Waals surface area (Å²) < 4.78 is 0. The minimum Gasteiger partial charge on any atom is -0.508 e. The lowest BCUT2D eigenvalue weighted by molar-refractivity contribution is 0.0685. The smallest absolute Gasteiger partial charge is 0.260 e. The Bertz CT molecular complexity index is 744. The molecule has 0 atom stereocenters. The standard InChI is InChI=1S/C19H22N2O3/c22-16-7-5-14(6-8-16)3-4-15-9-12-21(13-10-15)19(24)17-2-1-11-20-18(17)23/h1-2,5-8,11,15,22H,3-4,9-10,12-13H2,(H,20,23). The van der Waals surface area contributed by atoms with Crippen molar-refractivity contribution in [2.45, 2.75) is 25.7 Å². The Morgan fingerprint density at radius 2 is 1.88 bits per heavy atom. The fourth-order valence-corrected chi connectivity index (χ4v) is 3.22. The van der Waals surface area contributed by atoms with Crippen molar-refractivity contribution < 1.29 is 9.90 Å². The van der Waals surface area contributed by atoms with Gasteiger partial charge in [-0.2, -0.15) is 0 Å². The first-order valence-corrected chi connectivity index (χ1v) is 8.38. The average molecular weight is 326 g/mol. The molecular weight excluding hydrogens is 304 g/mol. The van der Waals surface area contributed by atoms with E-state index in [0.717, 1.165) is 25.7 Å². The molecule has 0 saturated carbocycles. The number of benzene rings is 1. The molecule has 1 aliphatic heterocycles. The molecule has 0 spiro atoms. The third-order valence-corrected chi connectivity index (χ3v) is 4.73. The fourth-order valence-electron chi connectivity index (χ4n) is 3.22. The van der Waals surface area contributed by atoms with Crippen molar-refractivity contribution in [2.75, 3.05) is 13.1 Å². The van der Waals surface area contributed by atoms with Gasteiger partial charge in [0.2, 0.25) is 0 Å². The zero-order chi connectivity index (χ0) is 16.9.